The Morgan fingerprint density at radius 1 is 1.33 bits per heavy atom. The monoisotopic (exact) mass is 306 g/mol. The number of halogens is 1. The van der Waals surface area contributed by atoms with Gasteiger partial charge < -0.3 is 10.4 Å². The Balaban J connectivity index is 2.07. The maximum atomic E-state index is 13.9. The van der Waals surface area contributed by atoms with Crippen LogP contribution in [0, 0.1) is 12.7 Å². The molecule has 5 heteroatoms. The smallest absolute Gasteiger partial charge is 0.165 e. The molecule has 0 radical (unpaired) electrons. The highest BCUT2D eigenvalue weighted by Crippen LogP contribution is 2.38. The van der Waals surface area contributed by atoms with Gasteiger partial charge in [0.1, 0.15) is 0 Å². The van der Waals surface area contributed by atoms with Crippen LogP contribution in [0.5, 0.6) is 5.75 Å². The minimum Gasteiger partial charge on any atom is -0.505 e. The molecule has 1 aliphatic rings. The van der Waals surface area contributed by atoms with Crippen molar-refractivity contribution in [3.05, 3.63) is 51.5 Å². The summed E-state index contributed by atoms with van der Waals surface area (Å²) in [5.41, 5.74) is 1.49. The Morgan fingerprint density at radius 3 is 2.76 bits per heavy atom. The van der Waals surface area contributed by atoms with Gasteiger partial charge in [0.05, 0.1) is 6.04 Å². The van der Waals surface area contributed by atoms with E-state index >= 15 is 0 Å². The van der Waals surface area contributed by atoms with Gasteiger partial charge in [-0.2, -0.15) is 0 Å². The van der Waals surface area contributed by atoms with Gasteiger partial charge in [-0.3, -0.25) is 4.90 Å². The van der Waals surface area contributed by atoms with Crippen LogP contribution in [0.25, 0.3) is 0 Å². The molecule has 3 nitrogen and oxygen atoms in total. The Morgan fingerprint density at radius 2 is 2.10 bits per heavy atom. The lowest BCUT2D eigenvalue weighted by Gasteiger charge is -2.35. The number of aryl methyl sites for hydroxylation is 1. The first-order valence-corrected chi connectivity index (χ1v) is 8.02. The van der Waals surface area contributed by atoms with Crippen molar-refractivity contribution >= 4 is 11.3 Å². The highest BCUT2D eigenvalue weighted by molar-refractivity contribution is 7.10. The number of phenols is 1. The zero-order valence-electron chi connectivity index (χ0n) is 12.0. The summed E-state index contributed by atoms with van der Waals surface area (Å²) in [7, 11) is 0. The second-order valence-corrected chi connectivity index (χ2v) is 6.37. The number of piperazine rings is 1. The van der Waals surface area contributed by atoms with Gasteiger partial charge in [0.15, 0.2) is 11.6 Å². The van der Waals surface area contributed by atoms with Gasteiger partial charge in [-0.05, 0) is 30.0 Å². The zero-order chi connectivity index (χ0) is 14.8. The number of rotatable bonds is 3. The Bertz CT molecular complexity index is 609. The van der Waals surface area contributed by atoms with Gasteiger partial charge in [0.25, 0.3) is 0 Å². The predicted molar refractivity (Wildman–Crippen MR) is 83.4 cm³/mol. The molecule has 3 rings (SSSR count). The van der Waals surface area contributed by atoms with E-state index in [0.717, 1.165) is 36.6 Å². The second-order valence-electron chi connectivity index (χ2n) is 5.39. The number of phenolic OH excluding ortho intramolecular Hbond substituents is 1. The Labute approximate surface area is 128 Å². The lowest BCUT2D eigenvalue weighted by molar-refractivity contribution is 0.197. The van der Waals surface area contributed by atoms with Crippen LogP contribution in [0.1, 0.15) is 22.0 Å². The van der Waals surface area contributed by atoms with Crippen LogP contribution in [-0.2, 0) is 0 Å². The first-order valence-electron chi connectivity index (χ1n) is 7.14. The fraction of sp³-hybridized carbons (Fsp3) is 0.375. The molecule has 1 aliphatic heterocycles. The average molecular weight is 306 g/mol. The molecular formula is C16H19FN2OS. The molecular weight excluding hydrogens is 287 g/mol. The minimum atomic E-state index is -0.540. The van der Waals surface area contributed by atoms with Crippen molar-refractivity contribution in [1.29, 1.82) is 0 Å². The molecule has 2 heterocycles. The van der Waals surface area contributed by atoms with Gasteiger partial charge in [-0.1, -0.05) is 12.1 Å². The lowest BCUT2D eigenvalue weighted by atomic mass is 9.99. The molecule has 0 amide bonds. The molecule has 112 valence electrons. The standard InChI is InChI=1S/C16H19FN2OS/c1-11-9-12(16(20)13(17)10-11)15(14-3-2-8-21-14)19-6-4-18-5-7-19/h2-3,8-10,15,18,20H,4-7H2,1H3/t15-/m0/s1. The summed E-state index contributed by atoms with van der Waals surface area (Å²) in [6, 6.07) is 7.24. The number of hydrogen-bond acceptors (Lipinski definition) is 4. The minimum absolute atomic E-state index is 0.0819. The van der Waals surface area contributed by atoms with Crippen LogP contribution in [0.15, 0.2) is 29.6 Å². The normalized spacial score (nSPS) is 17.8. The molecule has 2 aromatic rings. The number of nitrogens with zero attached hydrogens (tertiary/aromatic N) is 1. The summed E-state index contributed by atoms with van der Waals surface area (Å²) in [5.74, 6) is -0.765. The summed E-state index contributed by atoms with van der Waals surface area (Å²) in [6.07, 6.45) is 0. The van der Waals surface area contributed by atoms with E-state index in [0.29, 0.717) is 5.56 Å². The van der Waals surface area contributed by atoms with E-state index in [1.807, 2.05) is 24.4 Å². The lowest BCUT2D eigenvalue weighted by Crippen LogP contribution is -2.45. The van der Waals surface area contributed by atoms with Crippen molar-refractivity contribution in [2.45, 2.75) is 13.0 Å². The quantitative estimate of drug-likeness (QED) is 0.915. The fourth-order valence-electron chi connectivity index (χ4n) is 2.89. The van der Waals surface area contributed by atoms with E-state index in [9.17, 15) is 9.50 Å². The highest BCUT2D eigenvalue weighted by Gasteiger charge is 2.28. The van der Waals surface area contributed by atoms with E-state index in [1.165, 1.54) is 6.07 Å². The van der Waals surface area contributed by atoms with Crippen LogP contribution in [0.2, 0.25) is 0 Å². The summed E-state index contributed by atoms with van der Waals surface area (Å²) < 4.78 is 13.9. The zero-order valence-corrected chi connectivity index (χ0v) is 12.8. The summed E-state index contributed by atoms with van der Waals surface area (Å²) in [4.78, 5) is 3.44. The SMILES string of the molecule is Cc1cc(F)c(O)c([C@@H](c2cccs2)N2CCNCC2)c1. The third-order valence-electron chi connectivity index (χ3n) is 3.86. The molecule has 1 fully saturated rings. The predicted octanol–water partition coefficient (Wildman–Crippen LogP) is 2.90. The van der Waals surface area contributed by atoms with E-state index in [-0.39, 0.29) is 11.8 Å². The van der Waals surface area contributed by atoms with Gasteiger partial charge in [0, 0.05) is 36.6 Å². The Kier molecular flexibility index (Phi) is 4.24. The molecule has 0 bridgehead atoms. The molecule has 1 aromatic carbocycles. The number of aromatic hydroxyl groups is 1. The molecule has 1 saturated heterocycles. The van der Waals surface area contributed by atoms with Crippen molar-refractivity contribution in [3.8, 4) is 5.75 Å². The van der Waals surface area contributed by atoms with Crippen LogP contribution < -0.4 is 5.32 Å². The van der Waals surface area contributed by atoms with Crippen LogP contribution >= 0.6 is 11.3 Å². The first kappa shape index (κ1) is 14.5. The largest absolute Gasteiger partial charge is 0.505 e. The van der Waals surface area contributed by atoms with Gasteiger partial charge in [-0.15, -0.1) is 11.3 Å². The van der Waals surface area contributed by atoms with E-state index in [1.54, 1.807) is 11.3 Å². The van der Waals surface area contributed by atoms with Crippen molar-refractivity contribution in [2.24, 2.45) is 0 Å². The van der Waals surface area contributed by atoms with Crippen LogP contribution in [0.4, 0.5) is 4.39 Å². The number of nitrogens with one attached hydrogen (secondary N) is 1. The molecule has 21 heavy (non-hydrogen) atoms. The third-order valence-corrected chi connectivity index (χ3v) is 4.79. The van der Waals surface area contributed by atoms with Gasteiger partial charge in [0.2, 0.25) is 0 Å². The van der Waals surface area contributed by atoms with Crippen LogP contribution in [0.3, 0.4) is 0 Å². The molecule has 1 aromatic heterocycles. The highest BCUT2D eigenvalue weighted by atomic mass is 32.1. The van der Waals surface area contributed by atoms with Crippen molar-refractivity contribution in [3.63, 3.8) is 0 Å². The topological polar surface area (TPSA) is 35.5 Å². The maximum absolute atomic E-state index is 13.9. The van der Waals surface area contributed by atoms with Crippen molar-refractivity contribution in [2.75, 3.05) is 26.2 Å². The van der Waals surface area contributed by atoms with E-state index in [4.69, 9.17) is 0 Å². The number of hydrogen-bond donors (Lipinski definition) is 2. The molecule has 0 saturated carbocycles. The average Bonchev–Trinajstić information content (AvgIpc) is 2.99. The number of benzene rings is 1. The molecule has 1 atom stereocenters. The van der Waals surface area contributed by atoms with Crippen molar-refractivity contribution in [1.82, 2.24) is 10.2 Å². The third kappa shape index (κ3) is 2.95. The van der Waals surface area contributed by atoms with Crippen LogP contribution in [-0.4, -0.2) is 36.2 Å². The molecule has 2 N–H and O–H groups in total. The van der Waals surface area contributed by atoms with E-state index < -0.39 is 5.82 Å². The summed E-state index contributed by atoms with van der Waals surface area (Å²) >= 11 is 1.64. The van der Waals surface area contributed by atoms with E-state index in [2.05, 4.69) is 16.3 Å². The summed E-state index contributed by atoms with van der Waals surface area (Å²) in [5, 5.41) is 15.6. The molecule has 0 aliphatic carbocycles. The number of thiophene rings is 1. The first-order chi connectivity index (χ1) is 10.2. The fourth-order valence-corrected chi connectivity index (χ4v) is 3.76. The van der Waals surface area contributed by atoms with Gasteiger partial charge >= 0.3 is 0 Å². The maximum Gasteiger partial charge on any atom is 0.165 e. The van der Waals surface area contributed by atoms with Crippen molar-refractivity contribution < 1.29 is 9.50 Å². The molecule has 0 unspecified atom stereocenters. The molecule has 0 spiro atoms. The second kappa shape index (κ2) is 6.13. The summed E-state index contributed by atoms with van der Waals surface area (Å²) in [6.45, 7) is 5.46. The Hall–Kier alpha value is -1.43. The van der Waals surface area contributed by atoms with Gasteiger partial charge in [-0.25, -0.2) is 4.39 Å².